The Balaban J connectivity index is -0.00000364. The van der Waals surface area contributed by atoms with Crippen LogP contribution in [-0.2, 0) is 14.3 Å². The Hall–Kier alpha value is 0.437. The molecule has 3 nitrogen and oxygen atoms in total. The predicted octanol–water partition coefficient (Wildman–Crippen LogP) is 5.20. The van der Waals surface area contributed by atoms with Gasteiger partial charge in [0.2, 0.25) is 5.50 Å². The first kappa shape index (κ1) is 31.6. The number of rotatable bonds is 22. The van der Waals surface area contributed by atoms with Gasteiger partial charge in [-0.25, -0.2) is 4.39 Å². The minimum atomic E-state index is -4.04. The van der Waals surface area contributed by atoms with E-state index in [1.807, 2.05) is 0 Å². The monoisotopic (exact) mass is 430 g/mol. The molecule has 0 rings (SSSR count). The molecule has 0 spiro atoms. The van der Waals surface area contributed by atoms with Crippen LogP contribution in [0.25, 0.3) is 0 Å². The van der Waals surface area contributed by atoms with Gasteiger partial charge in [-0.15, -0.1) is 0 Å². The Morgan fingerprint density at radius 1 is 0.655 bits per heavy atom. The molecule has 0 aromatic rings. The molecule has 0 saturated heterocycles. The van der Waals surface area contributed by atoms with Crippen LogP contribution in [0.3, 0.4) is 0 Å². The molecule has 0 aromatic carbocycles. The fraction of sp³-hybridized carbons (Fsp3) is 1.00. The minimum absolute atomic E-state index is 0. The SMILES string of the molecule is CCCCCCCCCCCOS(=O)(=O)C(F)CCCCCCCCCCC.[H-].[Li+]. The van der Waals surface area contributed by atoms with Gasteiger partial charge in [-0.3, -0.25) is 4.18 Å². The van der Waals surface area contributed by atoms with Crippen LogP contribution in [0.15, 0.2) is 0 Å². The Labute approximate surface area is 195 Å². The Bertz CT molecular complexity index is 425. The maximum absolute atomic E-state index is 14.0. The fourth-order valence-electron chi connectivity index (χ4n) is 3.42. The van der Waals surface area contributed by atoms with E-state index in [9.17, 15) is 12.8 Å². The summed E-state index contributed by atoms with van der Waals surface area (Å²) in [7, 11) is -4.04. The standard InChI is InChI=1S/C23H47FO3S.Li.H/c1-3-5-7-9-11-13-15-17-19-21-23(24)28(25,26)27-22-20-18-16-14-12-10-8-6-4-2;;/h23H,3-22H2,1-2H3;;/q;+1;-1. The van der Waals surface area contributed by atoms with Gasteiger partial charge in [-0.05, 0) is 19.3 Å². The third-order valence-electron chi connectivity index (χ3n) is 5.34. The second kappa shape index (κ2) is 23.1. The molecule has 0 aliphatic carbocycles. The molecule has 0 aliphatic heterocycles. The number of halogens is 1. The third-order valence-corrected chi connectivity index (χ3v) is 6.70. The summed E-state index contributed by atoms with van der Waals surface area (Å²) in [5.41, 5.74) is -1.87. The quantitative estimate of drug-likeness (QED) is 0.135. The van der Waals surface area contributed by atoms with Crippen LogP contribution in [0.4, 0.5) is 4.39 Å². The van der Waals surface area contributed by atoms with Gasteiger partial charge in [0.05, 0.1) is 6.61 Å². The van der Waals surface area contributed by atoms with E-state index < -0.39 is 15.6 Å². The van der Waals surface area contributed by atoms with Crippen molar-refractivity contribution in [3.63, 3.8) is 0 Å². The van der Waals surface area contributed by atoms with Crippen molar-refractivity contribution in [3.8, 4) is 0 Å². The summed E-state index contributed by atoms with van der Waals surface area (Å²) >= 11 is 0. The van der Waals surface area contributed by atoms with Gasteiger partial charge in [-0.1, -0.05) is 117 Å². The van der Waals surface area contributed by atoms with E-state index in [1.165, 1.54) is 77.0 Å². The van der Waals surface area contributed by atoms with Gasteiger partial charge in [0, 0.05) is 0 Å². The smallest absolute Gasteiger partial charge is 1.00 e. The van der Waals surface area contributed by atoms with Crippen LogP contribution in [-0.4, -0.2) is 20.5 Å². The molecule has 0 heterocycles. The van der Waals surface area contributed by atoms with E-state index in [1.54, 1.807) is 0 Å². The molecule has 0 aliphatic rings. The topological polar surface area (TPSA) is 43.4 Å². The van der Waals surface area contributed by atoms with E-state index in [0.717, 1.165) is 25.7 Å². The zero-order valence-corrected chi connectivity index (χ0v) is 20.5. The molecule has 0 N–H and O–H groups in total. The fourth-order valence-corrected chi connectivity index (χ4v) is 4.37. The van der Waals surface area contributed by atoms with Gasteiger partial charge in [0.1, 0.15) is 0 Å². The maximum atomic E-state index is 14.0. The van der Waals surface area contributed by atoms with Crippen LogP contribution in [0.2, 0.25) is 0 Å². The summed E-state index contributed by atoms with van der Waals surface area (Å²) in [6.45, 7) is 4.55. The average molecular weight is 431 g/mol. The molecular formula is C23H48FLiO3S. The van der Waals surface area contributed by atoms with Crippen LogP contribution in [0, 0.1) is 0 Å². The normalized spacial score (nSPS) is 12.7. The molecule has 172 valence electrons. The Morgan fingerprint density at radius 2 is 1.00 bits per heavy atom. The summed E-state index contributed by atoms with van der Waals surface area (Å²) in [6.07, 6.45) is 20.6. The minimum Gasteiger partial charge on any atom is -1.00 e. The second-order valence-corrected chi connectivity index (χ2v) is 9.90. The molecule has 6 heteroatoms. The van der Waals surface area contributed by atoms with Crippen molar-refractivity contribution in [2.24, 2.45) is 0 Å². The van der Waals surface area contributed by atoms with Gasteiger partial charge in [-0.2, -0.15) is 8.42 Å². The first-order valence-corrected chi connectivity index (χ1v) is 13.5. The summed E-state index contributed by atoms with van der Waals surface area (Å²) in [5, 5.41) is 0. The number of hydrogen-bond donors (Lipinski definition) is 0. The van der Waals surface area contributed by atoms with Crippen molar-refractivity contribution >= 4 is 10.1 Å². The van der Waals surface area contributed by atoms with Crippen molar-refractivity contribution in [1.82, 2.24) is 0 Å². The zero-order chi connectivity index (χ0) is 20.9. The molecule has 0 aromatic heterocycles. The van der Waals surface area contributed by atoms with Gasteiger partial charge in [0.25, 0.3) is 10.1 Å². The molecule has 0 bridgehead atoms. The summed E-state index contributed by atoms with van der Waals surface area (Å²) in [6, 6.07) is 0. The van der Waals surface area contributed by atoms with Gasteiger partial charge in [0.15, 0.2) is 0 Å². The number of alkyl halides is 1. The largest absolute Gasteiger partial charge is 1.00 e. The average Bonchev–Trinajstić information content (AvgIpc) is 2.68. The van der Waals surface area contributed by atoms with Gasteiger partial charge >= 0.3 is 18.9 Å². The number of hydrogen-bond acceptors (Lipinski definition) is 3. The summed E-state index contributed by atoms with van der Waals surface area (Å²) < 4.78 is 42.5. The predicted molar refractivity (Wildman–Crippen MR) is 120 cm³/mol. The molecular weight excluding hydrogens is 382 g/mol. The molecule has 0 radical (unpaired) electrons. The Kier molecular flexibility index (Phi) is 25.2. The summed E-state index contributed by atoms with van der Waals surface area (Å²) in [5.74, 6) is 0. The van der Waals surface area contributed by atoms with Crippen LogP contribution < -0.4 is 18.9 Å². The summed E-state index contributed by atoms with van der Waals surface area (Å²) in [4.78, 5) is 0. The third kappa shape index (κ3) is 21.5. The van der Waals surface area contributed by atoms with E-state index >= 15 is 0 Å². The van der Waals surface area contributed by atoms with E-state index in [2.05, 4.69) is 13.8 Å². The zero-order valence-electron chi connectivity index (χ0n) is 20.7. The van der Waals surface area contributed by atoms with Crippen LogP contribution in [0.5, 0.6) is 0 Å². The van der Waals surface area contributed by atoms with Crippen molar-refractivity contribution in [1.29, 1.82) is 0 Å². The molecule has 29 heavy (non-hydrogen) atoms. The molecule has 0 saturated carbocycles. The Morgan fingerprint density at radius 3 is 1.41 bits per heavy atom. The van der Waals surface area contributed by atoms with E-state index in [-0.39, 0.29) is 33.3 Å². The van der Waals surface area contributed by atoms with Crippen molar-refractivity contribution < 1.29 is 37.3 Å². The van der Waals surface area contributed by atoms with Crippen molar-refractivity contribution in [2.45, 2.75) is 141 Å². The van der Waals surface area contributed by atoms with Crippen LogP contribution >= 0.6 is 0 Å². The molecule has 0 amide bonds. The first-order valence-electron chi connectivity index (χ1n) is 12.1. The number of unbranched alkanes of at least 4 members (excludes halogenated alkanes) is 16. The molecule has 0 fully saturated rings. The van der Waals surface area contributed by atoms with E-state index in [4.69, 9.17) is 4.18 Å². The van der Waals surface area contributed by atoms with Crippen molar-refractivity contribution in [3.05, 3.63) is 0 Å². The van der Waals surface area contributed by atoms with Crippen molar-refractivity contribution in [2.75, 3.05) is 6.61 Å². The maximum Gasteiger partial charge on any atom is 1.00 e. The second-order valence-electron chi connectivity index (χ2n) is 8.17. The first-order chi connectivity index (χ1) is 13.5. The van der Waals surface area contributed by atoms with Gasteiger partial charge < -0.3 is 1.43 Å². The van der Waals surface area contributed by atoms with E-state index in [0.29, 0.717) is 12.8 Å². The molecule has 1 unspecified atom stereocenters. The van der Waals surface area contributed by atoms with Crippen LogP contribution in [0.1, 0.15) is 137 Å². The molecule has 1 atom stereocenters.